The van der Waals surface area contributed by atoms with E-state index < -0.39 is 17.2 Å². The summed E-state index contributed by atoms with van der Waals surface area (Å²) in [6, 6.07) is 17.7. The summed E-state index contributed by atoms with van der Waals surface area (Å²) in [5.74, 6) is -0.268. The van der Waals surface area contributed by atoms with Crippen LogP contribution in [0.4, 0.5) is 16.2 Å². The number of rotatable bonds is 6. The number of anilines is 2. The van der Waals surface area contributed by atoms with Crippen molar-refractivity contribution in [2.45, 2.75) is 88.1 Å². The third-order valence-electron chi connectivity index (χ3n) is 9.27. The topological polar surface area (TPSA) is 82.2 Å². The molecule has 2 aromatic carbocycles. The highest BCUT2D eigenvalue weighted by Crippen LogP contribution is 2.44. The van der Waals surface area contributed by atoms with Crippen LogP contribution in [0.15, 0.2) is 54.6 Å². The van der Waals surface area contributed by atoms with Gasteiger partial charge in [-0.25, -0.2) is 4.79 Å². The number of imide groups is 1. The van der Waals surface area contributed by atoms with Crippen molar-refractivity contribution in [3.63, 3.8) is 0 Å². The van der Waals surface area contributed by atoms with Crippen molar-refractivity contribution in [2.24, 2.45) is 0 Å². The van der Waals surface area contributed by atoms with E-state index in [0.29, 0.717) is 30.8 Å². The van der Waals surface area contributed by atoms with Crippen LogP contribution in [-0.4, -0.2) is 50.7 Å². The number of carbonyl (C=O) groups is 3. The monoisotopic (exact) mass is 604 g/mol. The van der Waals surface area contributed by atoms with Gasteiger partial charge in [0, 0.05) is 11.4 Å². The predicted molar refractivity (Wildman–Crippen MR) is 169 cm³/mol. The largest absolute Gasteiger partial charge is 0.449 e. The number of amides is 3. The highest BCUT2D eigenvalue weighted by atomic mass is 32.1. The molecule has 4 aliphatic rings. The molecule has 2 aliphatic heterocycles. The normalized spacial score (nSPS) is 21.4. The molecule has 2 saturated carbocycles. The van der Waals surface area contributed by atoms with Gasteiger partial charge in [-0.2, -0.15) is 4.90 Å². The molecule has 220 valence electrons. The molecule has 3 amide bonds. The Morgan fingerprint density at radius 3 is 2.02 bits per heavy atom. The van der Waals surface area contributed by atoms with Crippen LogP contribution >= 0.6 is 24.4 Å². The first kappa shape index (κ1) is 28.7. The van der Waals surface area contributed by atoms with E-state index in [2.05, 4.69) is 5.32 Å². The predicted octanol–water partition coefficient (Wildman–Crippen LogP) is 6.02. The van der Waals surface area contributed by atoms with Gasteiger partial charge in [-0.1, -0.05) is 68.9 Å². The lowest BCUT2D eigenvalue weighted by Gasteiger charge is -2.39. The number of hydrogen-bond donors (Lipinski definition) is 1. The lowest BCUT2D eigenvalue weighted by molar-refractivity contribution is -0.130. The van der Waals surface area contributed by atoms with Crippen molar-refractivity contribution >= 4 is 63.9 Å². The standard InChI is InChI=1S/C32H36N4O4S2/c37-26-31(18-6-2-7-19-31)35(28(41)33-26)25-16-14-23(15-17-25)11-10-22-40-30(39)34-27(38)32(20-8-3-9-21-32)36(29(34)42)24-12-4-1-5-13-24/h1,4-5,12-17H,2-3,6-11,18-22H2,(H,33,37,41). The minimum absolute atomic E-state index is 0.00959. The van der Waals surface area contributed by atoms with Gasteiger partial charge in [0.2, 0.25) is 0 Å². The van der Waals surface area contributed by atoms with Crippen LogP contribution in [0.25, 0.3) is 0 Å². The van der Waals surface area contributed by atoms with Gasteiger partial charge in [0.15, 0.2) is 10.2 Å². The summed E-state index contributed by atoms with van der Waals surface area (Å²) in [6.07, 6.45) is 9.58. The van der Waals surface area contributed by atoms with Gasteiger partial charge in [-0.05, 0) is 92.8 Å². The van der Waals surface area contributed by atoms with Gasteiger partial charge >= 0.3 is 6.09 Å². The number of nitrogens with zero attached hydrogens (tertiary/aromatic N) is 3. The molecule has 2 aromatic rings. The Morgan fingerprint density at radius 2 is 1.38 bits per heavy atom. The first-order chi connectivity index (χ1) is 20.4. The number of carbonyl (C=O) groups excluding carboxylic acids is 3. The van der Waals surface area contributed by atoms with Gasteiger partial charge in [0.1, 0.15) is 11.1 Å². The maximum Gasteiger partial charge on any atom is 0.423 e. The van der Waals surface area contributed by atoms with E-state index >= 15 is 0 Å². The van der Waals surface area contributed by atoms with Gasteiger partial charge in [-0.3, -0.25) is 9.59 Å². The average Bonchev–Trinajstić information content (AvgIpc) is 3.36. The van der Waals surface area contributed by atoms with Gasteiger partial charge in [0.25, 0.3) is 11.8 Å². The molecule has 0 radical (unpaired) electrons. The Bertz CT molecular complexity index is 1380. The second-order valence-electron chi connectivity index (χ2n) is 11.8. The fourth-order valence-electron chi connectivity index (χ4n) is 7.17. The number of benzene rings is 2. The summed E-state index contributed by atoms with van der Waals surface area (Å²) < 4.78 is 5.59. The molecule has 0 atom stereocenters. The van der Waals surface area contributed by atoms with Gasteiger partial charge < -0.3 is 19.9 Å². The fraction of sp³-hybridized carbons (Fsp3) is 0.469. The highest BCUT2D eigenvalue weighted by Gasteiger charge is 2.58. The van der Waals surface area contributed by atoms with Crippen molar-refractivity contribution in [1.82, 2.24) is 10.2 Å². The molecule has 8 nitrogen and oxygen atoms in total. The molecular formula is C32H36N4O4S2. The summed E-state index contributed by atoms with van der Waals surface area (Å²) in [6.45, 7) is 0.170. The van der Waals surface area contributed by atoms with Gasteiger partial charge in [0.05, 0.1) is 6.61 Å². The van der Waals surface area contributed by atoms with Crippen LogP contribution in [0.5, 0.6) is 0 Å². The molecule has 4 fully saturated rings. The van der Waals surface area contributed by atoms with Crippen molar-refractivity contribution in [3.8, 4) is 0 Å². The van der Waals surface area contributed by atoms with Crippen molar-refractivity contribution in [3.05, 3.63) is 60.2 Å². The Balaban J connectivity index is 1.07. The fourth-order valence-corrected chi connectivity index (χ4v) is 7.98. The summed E-state index contributed by atoms with van der Waals surface area (Å²) >= 11 is 11.3. The molecule has 10 heteroatoms. The summed E-state index contributed by atoms with van der Waals surface area (Å²) in [7, 11) is 0. The minimum Gasteiger partial charge on any atom is -0.449 e. The Labute approximate surface area is 257 Å². The van der Waals surface area contributed by atoms with E-state index in [0.717, 1.165) is 73.2 Å². The van der Waals surface area contributed by atoms with Crippen LogP contribution in [-0.2, 0) is 20.7 Å². The zero-order valence-electron chi connectivity index (χ0n) is 23.7. The molecule has 0 unspecified atom stereocenters. The van der Waals surface area contributed by atoms with Crippen LogP contribution in [0.1, 0.15) is 76.2 Å². The average molecular weight is 605 g/mol. The number of ether oxygens (including phenoxy) is 1. The Kier molecular flexibility index (Phi) is 8.02. The number of aryl methyl sites for hydroxylation is 1. The van der Waals surface area contributed by atoms with E-state index in [-0.39, 0.29) is 23.5 Å². The second kappa shape index (κ2) is 11.7. The molecule has 2 heterocycles. The van der Waals surface area contributed by atoms with Crippen molar-refractivity contribution in [2.75, 3.05) is 16.4 Å². The Morgan fingerprint density at radius 1 is 0.786 bits per heavy atom. The van der Waals surface area contributed by atoms with Crippen molar-refractivity contribution < 1.29 is 19.1 Å². The summed E-state index contributed by atoms with van der Waals surface area (Å²) in [5.41, 5.74) is 1.41. The quantitative estimate of drug-likeness (QED) is 0.317. The summed E-state index contributed by atoms with van der Waals surface area (Å²) in [5, 5.41) is 3.54. The molecule has 2 spiro atoms. The molecule has 6 rings (SSSR count). The van der Waals surface area contributed by atoms with Crippen LogP contribution in [0.3, 0.4) is 0 Å². The van der Waals surface area contributed by atoms with E-state index in [4.69, 9.17) is 29.2 Å². The van der Waals surface area contributed by atoms with E-state index in [1.165, 1.54) is 0 Å². The minimum atomic E-state index is -0.828. The number of nitrogens with one attached hydrogen (secondary N) is 1. The van der Waals surface area contributed by atoms with E-state index in [1.54, 1.807) is 0 Å². The lowest BCUT2D eigenvalue weighted by Crippen LogP contribution is -2.51. The van der Waals surface area contributed by atoms with Crippen LogP contribution < -0.4 is 15.1 Å². The van der Waals surface area contributed by atoms with Crippen molar-refractivity contribution in [1.29, 1.82) is 0 Å². The number of thiocarbonyl (C=S) groups is 2. The second-order valence-corrected chi connectivity index (χ2v) is 12.5. The molecule has 2 saturated heterocycles. The molecule has 2 aliphatic carbocycles. The molecule has 1 N–H and O–H groups in total. The number of para-hydroxylation sites is 1. The first-order valence-corrected chi connectivity index (χ1v) is 15.8. The molecule has 42 heavy (non-hydrogen) atoms. The van der Waals surface area contributed by atoms with E-state index in [9.17, 15) is 14.4 Å². The molecular weight excluding hydrogens is 569 g/mol. The summed E-state index contributed by atoms with van der Waals surface area (Å²) in [4.78, 5) is 44.7. The zero-order valence-corrected chi connectivity index (χ0v) is 25.3. The first-order valence-electron chi connectivity index (χ1n) is 15.0. The maximum atomic E-state index is 13.7. The third-order valence-corrected chi connectivity index (χ3v) is 9.92. The third kappa shape index (κ3) is 4.88. The van der Waals surface area contributed by atoms with Crippen LogP contribution in [0.2, 0.25) is 0 Å². The lowest BCUT2D eigenvalue weighted by atomic mass is 9.80. The molecule has 0 aromatic heterocycles. The maximum absolute atomic E-state index is 13.7. The Hall–Kier alpha value is -3.37. The van der Waals surface area contributed by atoms with Gasteiger partial charge in [-0.15, -0.1) is 0 Å². The van der Waals surface area contributed by atoms with Crippen LogP contribution in [0, 0.1) is 0 Å². The smallest absolute Gasteiger partial charge is 0.423 e. The SMILES string of the molecule is O=C(OCCCc1ccc(N2C(=S)NC(=O)C23CCCCC3)cc1)N1C(=O)C2(CCCCC2)N(c2ccccc2)C1=S. The number of hydrogen-bond acceptors (Lipinski definition) is 6. The zero-order chi connectivity index (χ0) is 29.3. The highest BCUT2D eigenvalue weighted by molar-refractivity contribution is 7.80. The van der Waals surface area contributed by atoms with E-state index in [1.807, 2.05) is 64.4 Å². The molecule has 0 bridgehead atoms.